The molecule has 1 amide bonds. The standard InChI is InChI=1S/C16H18N6O2S2/c17-7-12-11-4-1-5-13(11)26-15(12)18-14(23)9-25-16-19-20-21-22(16)8-10-3-2-6-24-10/h10H,1-6,8-9H2,(H,18,23). The zero-order valence-corrected chi connectivity index (χ0v) is 15.7. The fraction of sp³-hybridized carbons (Fsp3) is 0.562. The summed E-state index contributed by atoms with van der Waals surface area (Å²) in [7, 11) is 0. The van der Waals surface area contributed by atoms with Gasteiger partial charge in [-0.05, 0) is 48.1 Å². The number of aryl methyl sites for hydroxylation is 1. The van der Waals surface area contributed by atoms with Crippen LogP contribution in [0.3, 0.4) is 0 Å². The Morgan fingerprint density at radius 3 is 3.19 bits per heavy atom. The topological polar surface area (TPSA) is 106 Å². The van der Waals surface area contributed by atoms with E-state index in [9.17, 15) is 10.1 Å². The molecule has 1 saturated heterocycles. The Labute approximate surface area is 158 Å². The van der Waals surface area contributed by atoms with Crippen molar-refractivity contribution in [3.63, 3.8) is 0 Å². The van der Waals surface area contributed by atoms with Crippen molar-refractivity contribution in [2.75, 3.05) is 17.7 Å². The molecule has 8 nitrogen and oxygen atoms in total. The van der Waals surface area contributed by atoms with Gasteiger partial charge < -0.3 is 10.1 Å². The number of amides is 1. The van der Waals surface area contributed by atoms with Crippen LogP contribution < -0.4 is 5.32 Å². The summed E-state index contributed by atoms with van der Waals surface area (Å²) in [6.45, 7) is 1.39. The second-order valence-electron chi connectivity index (χ2n) is 6.29. The van der Waals surface area contributed by atoms with Gasteiger partial charge in [0.1, 0.15) is 11.1 Å². The third-order valence-corrected chi connectivity index (χ3v) is 6.68. The average Bonchev–Trinajstić information content (AvgIpc) is 3.38. The van der Waals surface area contributed by atoms with Crippen LogP contribution in [0.5, 0.6) is 0 Å². The molecule has 136 valence electrons. The number of hydrogen-bond donors (Lipinski definition) is 1. The van der Waals surface area contributed by atoms with Crippen LogP contribution in [0, 0.1) is 11.3 Å². The third-order valence-electron chi connectivity index (χ3n) is 4.52. The number of carbonyl (C=O) groups is 1. The molecule has 0 bridgehead atoms. The van der Waals surface area contributed by atoms with E-state index in [0.717, 1.165) is 44.3 Å². The Hall–Kier alpha value is -1.96. The van der Waals surface area contributed by atoms with Crippen LogP contribution in [0.4, 0.5) is 5.00 Å². The number of rotatable bonds is 6. The molecule has 1 aliphatic heterocycles. The number of nitrogens with zero attached hydrogens (tertiary/aromatic N) is 5. The van der Waals surface area contributed by atoms with E-state index in [2.05, 4.69) is 26.9 Å². The Kier molecular flexibility index (Phi) is 5.19. The predicted molar refractivity (Wildman–Crippen MR) is 97.2 cm³/mol. The maximum atomic E-state index is 12.3. The van der Waals surface area contributed by atoms with E-state index < -0.39 is 0 Å². The molecule has 2 aliphatic rings. The zero-order chi connectivity index (χ0) is 17.9. The van der Waals surface area contributed by atoms with Gasteiger partial charge >= 0.3 is 0 Å². The molecule has 10 heteroatoms. The summed E-state index contributed by atoms with van der Waals surface area (Å²) in [5, 5.41) is 25.2. The number of tetrazole rings is 1. The number of nitrogens with one attached hydrogen (secondary N) is 1. The van der Waals surface area contributed by atoms with Gasteiger partial charge in [0.2, 0.25) is 11.1 Å². The lowest BCUT2D eigenvalue weighted by Gasteiger charge is -2.10. The van der Waals surface area contributed by atoms with Gasteiger partial charge in [-0.25, -0.2) is 4.68 Å². The lowest BCUT2D eigenvalue weighted by Crippen LogP contribution is -2.18. The third kappa shape index (κ3) is 3.60. The minimum atomic E-state index is -0.155. The molecule has 1 unspecified atom stereocenters. The first-order valence-electron chi connectivity index (χ1n) is 8.59. The number of aromatic nitrogens is 4. The largest absolute Gasteiger partial charge is 0.376 e. The van der Waals surface area contributed by atoms with E-state index in [1.54, 1.807) is 4.68 Å². The van der Waals surface area contributed by atoms with Crippen molar-refractivity contribution in [1.82, 2.24) is 20.2 Å². The van der Waals surface area contributed by atoms with Gasteiger partial charge in [-0.3, -0.25) is 4.79 Å². The molecular weight excluding hydrogens is 372 g/mol. The molecule has 1 atom stereocenters. The van der Waals surface area contributed by atoms with Crippen molar-refractivity contribution in [2.45, 2.75) is 49.9 Å². The quantitative estimate of drug-likeness (QED) is 0.752. The number of thioether (sulfide) groups is 1. The molecule has 0 radical (unpaired) electrons. The van der Waals surface area contributed by atoms with Crippen LogP contribution in [0.1, 0.15) is 35.3 Å². The van der Waals surface area contributed by atoms with Crippen molar-refractivity contribution in [2.24, 2.45) is 0 Å². The van der Waals surface area contributed by atoms with Crippen molar-refractivity contribution < 1.29 is 9.53 Å². The lowest BCUT2D eigenvalue weighted by atomic mass is 10.1. The Bertz CT molecular complexity index is 850. The highest BCUT2D eigenvalue weighted by Crippen LogP contribution is 2.38. The van der Waals surface area contributed by atoms with Crippen LogP contribution in [0.25, 0.3) is 0 Å². The lowest BCUT2D eigenvalue weighted by molar-refractivity contribution is -0.113. The summed E-state index contributed by atoms with van der Waals surface area (Å²) in [6, 6.07) is 2.24. The number of anilines is 1. The predicted octanol–water partition coefficient (Wildman–Crippen LogP) is 2.00. The summed E-state index contributed by atoms with van der Waals surface area (Å²) in [5.74, 6) is 0.0392. The van der Waals surface area contributed by atoms with E-state index in [1.165, 1.54) is 28.0 Å². The van der Waals surface area contributed by atoms with Gasteiger partial charge in [-0.15, -0.1) is 16.4 Å². The second kappa shape index (κ2) is 7.73. The molecule has 1 N–H and O–H groups in total. The minimum absolute atomic E-state index is 0.137. The van der Waals surface area contributed by atoms with E-state index in [0.29, 0.717) is 22.3 Å². The smallest absolute Gasteiger partial charge is 0.235 e. The van der Waals surface area contributed by atoms with Gasteiger partial charge in [0.05, 0.1) is 24.0 Å². The monoisotopic (exact) mass is 390 g/mol. The summed E-state index contributed by atoms with van der Waals surface area (Å²) in [4.78, 5) is 13.5. The second-order valence-corrected chi connectivity index (χ2v) is 8.34. The van der Waals surface area contributed by atoms with Gasteiger partial charge in [-0.2, -0.15) is 5.26 Å². The first-order valence-corrected chi connectivity index (χ1v) is 10.4. The van der Waals surface area contributed by atoms with Gasteiger partial charge in [0.15, 0.2) is 0 Å². The summed E-state index contributed by atoms with van der Waals surface area (Å²) < 4.78 is 7.30. The molecule has 2 aromatic heterocycles. The maximum absolute atomic E-state index is 12.3. The van der Waals surface area contributed by atoms with Crippen molar-refractivity contribution in [3.8, 4) is 6.07 Å². The fourth-order valence-corrected chi connectivity index (χ4v) is 5.24. The van der Waals surface area contributed by atoms with E-state index in [-0.39, 0.29) is 17.8 Å². The van der Waals surface area contributed by atoms with E-state index in [4.69, 9.17) is 4.74 Å². The van der Waals surface area contributed by atoms with Crippen LogP contribution in [-0.4, -0.2) is 44.6 Å². The number of carbonyl (C=O) groups excluding carboxylic acids is 1. The summed E-state index contributed by atoms with van der Waals surface area (Å²) in [6.07, 6.45) is 5.22. The zero-order valence-electron chi connectivity index (χ0n) is 14.1. The highest BCUT2D eigenvalue weighted by atomic mass is 32.2. The molecule has 2 aromatic rings. The molecule has 3 heterocycles. The van der Waals surface area contributed by atoms with Crippen LogP contribution >= 0.6 is 23.1 Å². The van der Waals surface area contributed by atoms with Crippen molar-refractivity contribution in [1.29, 1.82) is 5.26 Å². The molecule has 1 aliphatic carbocycles. The number of ether oxygens (including phenoxy) is 1. The maximum Gasteiger partial charge on any atom is 0.235 e. The van der Waals surface area contributed by atoms with E-state index in [1.807, 2.05) is 0 Å². The average molecular weight is 390 g/mol. The molecule has 26 heavy (non-hydrogen) atoms. The van der Waals surface area contributed by atoms with Gasteiger partial charge in [-0.1, -0.05) is 11.8 Å². The SMILES string of the molecule is N#Cc1c(NC(=O)CSc2nnnn2CC2CCCO2)sc2c1CCC2. The number of nitriles is 1. The highest BCUT2D eigenvalue weighted by molar-refractivity contribution is 7.99. The highest BCUT2D eigenvalue weighted by Gasteiger charge is 2.23. The minimum Gasteiger partial charge on any atom is -0.376 e. The van der Waals surface area contributed by atoms with Crippen LogP contribution in [-0.2, 0) is 28.9 Å². The van der Waals surface area contributed by atoms with Gasteiger partial charge in [0, 0.05) is 11.5 Å². The van der Waals surface area contributed by atoms with Crippen molar-refractivity contribution >= 4 is 34.0 Å². The molecule has 4 rings (SSSR count). The summed E-state index contributed by atoms with van der Waals surface area (Å²) >= 11 is 2.81. The number of thiophene rings is 1. The van der Waals surface area contributed by atoms with Crippen LogP contribution in [0.15, 0.2) is 5.16 Å². The molecular formula is C16H18N6O2S2. The van der Waals surface area contributed by atoms with Gasteiger partial charge in [0.25, 0.3) is 0 Å². The number of fused-ring (bicyclic) bond motifs is 1. The molecule has 1 fully saturated rings. The first kappa shape index (κ1) is 17.5. The fourth-order valence-electron chi connectivity index (χ4n) is 3.30. The Balaban J connectivity index is 1.35. The molecule has 0 aromatic carbocycles. The van der Waals surface area contributed by atoms with Crippen LogP contribution in [0.2, 0.25) is 0 Å². The summed E-state index contributed by atoms with van der Waals surface area (Å²) in [5.41, 5.74) is 1.74. The van der Waals surface area contributed by atoms with Crippen molar-refractivity contribution in [3.05, 3.63) is 16.0 Å². The first-order chi connectivity index (χ1) is 12.7. The molecule has 0 spiro atoms. The normalized spacial score (nSPS) is 18.7. The molecule has 0 saturated carbocycles. The number of hydrogen-bond acceptors (Lipinski definition) is 8. The van der Waals surface area contributed by atoms with E-state index >= 15 is 0 Å². The Morgan fingerprint density at radius 2 is 2.38 bits per heavy atom. The Morgan fingerprint density at radius 1 is 1.46 bits per heavy atom.